The van der Waals surface area contributed by atoms with Crippen molar-refractivity contribution in [3.63, 3.8) is 0 Å². The standard InChI is InChI=1S/C18H21NO3/c1-19-8-7-13-10-18(22-2)17(21)11-15(13)16(19)9-12-3-5-14(20)6-4-12/h3-6,10-11,16,20-21H,7-9H2,1-2H3/t16-/m1/s1. The molecule has 2 N–H and O–H groups in total. The van der Waals surface area contributed by atoms with Crippen LogP contribution in [0, 0.1) is 0 Å². The molecule has 116 valence electrons. The summed E-state index contributed by atoms with van der Waals surface area (Å²) in [5, 5.41) is 19.5. The Labute approximate surface area is 130 Å². The van der Waals surface area contributed by atoms with Crippen LogP contribution in [0.15, 0.2) is 36.4 Å². The molecule has 0 saturated heterocycles. The average Bonchev–Trinajstić information content (AvgIpc) is 2.52. The molecule has 4 nitrogen and oxygen atoms in total. The van der Waals surface area contributed by atoms with Crippen molar-refractivity contribution in [2.24, 2.45) is 0 Å². The number of hydrogen-bond donors (Lipinski definition) is 2. The fourth-order valence-electron chi connectivity index (χ4n) is 3.13. The van der Waals surface area contributed by atoms with Gasteiger partial charge in [-0.15, -0.1) is 0 Å². The predicted molar refractivity (Wildman–Crippen MR) is 85.5 cm³/mol. The van der Waals surface area contributed by atoms with Gasteiger partial charge >= 0.3 is 0 Å². The van der Waals surface area contributed by atoms with E-state index in [0.29, 0.717) is 5.75 Å². The molecule has 0 spiro atoms. The lowest BCUT2D eigenvalue weighted by atomic mass is 9.88. The molecule has 0 saturated carbocycles. The summed E-state index contributed by atoms with van der Waals surface area (Å²) in [5.41, 5.74) is 3.55. The van der Waals surface area contributed by atoms with Crippen molar-refractivity contribution in [1.29, 1.82) is 0 Å². The van der Waals surface area contributed by atoms with E-state index in [1.807, 2.05) is 24.3 Å². The second-order valence-corrected chi connectivity index (χ2v) is 5.84. The van der Waals surface area contributed by atoms with Crippen molar-refractivity contribution in [2.75, 3.05) is 20.7 Å². The SMILES string of the molecule is COc1cc2c(cc1O)[C@@H](Cc1ccc(O)cc1)N(C)CC2. The Morgan fingerprint density at radius 2 is 1.91 bits per heavy atom. The van der Waals surface area contributed by atoms with Gasteiger partial charge in [0.15, 0.2) is 11.5 Å². The van der Waals surface area contributed by atoms with E-state index in [2.05, 4.69) is 11.9 Å². The number of methoxy groups -OCH3 is 1. The minimum Gasteiger partial charge on any atom is -0.508 e. The first-order chi connectivity index (χ1) is 10.6. The average molecular weight is 299 g/mol. The number of fused-ring (bicyclic) bond motifs is 1. The summed E-state index contributed by atoms with van der Waals surface area (Å²) in [6.07, 6.45) is 1.80. The predicted octanol–water partition coefficient (Wildman–Crippen LogP) is 2.88. The van der Waals surface area contributed by atoms with Crippen molar-refractivity contribution >= 4 is 0 Å². The number of aromatic hydroxyl groups is 2. The number of ether oxygens (including phenoxy) is 1. The number of phenols is 2. The molecule has 2 aromatic carbocycles. The second-order valence-electron chi connectivity index (χ2n) is 5.84. The van der Waals surface area contributed by atoms with E-state index in [-0.39, 0.29) is 17.5 Å². The normalized spacial score (nSPS) is 18.0. The first-order valence-electron chi connectivity index (χ1n) is 7.46. The van der Waals surface area contributed by atoms with Gasteiger partial charge in [0.05, 0.1) is 7.11 Å². The summed E-state index contributed by atoms with van der Waals surface area (Å²) in [7, 11) is 3.68. The van der Waals surface area contributed by atoms with Crippen LogP contribution < -0.4 is 4.74 Å². The Morgan fingerprint density at radius 3 is 2.59 bits per heavy atom. The molecule has 2 aromatic rings. The van der Waals surface area contributed by atoms with Crippen LogP contribution in [-0.4, -0.2) is 35.8 Å². The van der Waals surface area contributed by atoms with E-state index < -0.39 is 0 Å². The smallest absolute Gasteiger partial charge is 0.160 e. The zero-order valence-corrected chi connectivity index (χ0v) is 12.9. The molecule has 0 amide bonds. The molecule has 1 heterocycles. The molecule has 1 atom stereocenters. The highest BCUT2D eigenvalue weighted by Gasteiger charge is 2.26. The third-order valence-electron chi connectivity index (χ3n) is 4.43. The first-order valence-corrected chi connectivity index (χ1v) is 7.46. The molecule has 3 rings (SSSR count). The molecule has 22 heavy (non-hydrogen) atoms. The lowest BCUT2D eigenvalue weighted by Gasteiger charge is -2.35. The van der Waals surface area contributed by atoms with Crippen LogP contribution in [0.2, 0.25) is 0 Å². The number of nitrogens with zero attached hydrogens (tertiary/aromatic N) is 1. The van der Waals surface area contributed by atoms with Gasteiger partial charge in [-0.25, -0.2) is 0 Å². The number of benzene rings is 2. The fourth-order valence-corrected chi connectivity index (χ4v) is 3.13. The van der Waals surface area contributed by atoms with E-state index in [1.54, 1.807) is 19.2 Å². The molecule has 1 aliphatic rings. The molecular weight excluding hydrogens is 278 g/mol. The Kier molecular flexibility index (Phi) is 3.94. The van der Waals surface area contributed by atoms with Gasteiger partial charge in [-0.3, -0.25) is 4.90 Å². The molecule has 1 aliphatic heterocycles. The summed E-state index contributed by atoms with van der Waals surface area (Å²) < 4.78 is 5.21. The maximum atomic E-state index is 10.1. The summed E-state index contributed by atoms with van der Waals surface area (Å²) in [5.74, 6) is 1.00. The van der Waals surface area contributed by atoms with E-state index in [0.717, 1.165) is 30.5 Å². The van der Waals surface area contributed by atoms with Crippen LogP contribution in [-0.2, 0) is 12.8 Å². The molecule has 4 heteroatoms. The minimum absolute atomic E-state index is 0.187. The zero-order valence-electron chi connectivity index (χ0n) is 12.9. The number of hydrogen-bond acceptors (Lipinski definition) is 4. The largest absolute Gasteiger partial charge is 0.508 e. The van der Waals surface area contributed by atoms with Crippen LogP contribution >= 0.6 is 0 Å². The Hall–Kier alpha value is -2.20. The van der Waals surface area contributed by atoms with Gasteiger partial charge in [-0.05, 0) is 60.8 Å². The first kappa shape index (κ1) is 14.7. The highest BCUT2D eigenvalue weighted by atomic mass is 16.5. The summed E-state index contributed by atoms with van der Waals surface area (Å²) in [6.45, 7) is 0.976. The zero-order chi connectivity index (χ0) is 15.7. The van der Waals surface area contributed by atoms with Crippen LogP contribution in [0.5, 0.6) is 17.2 Å². The molecular formula is C18H21NO3. The van der Waals surface area contributed by atoms with Gasteiger partial charge < -0.3 is 14.9 Å². The van der Waals surface area contributed by atoms with E-state index in [1.165, 1.54) is 5.56 Å². The highest BCUT2D eigenvalue weighted by Crippen LogP contribution is 2.38. The van der Waals surface area contributed by atoms with Gasteiger partial charge in [-0.2, -0.15) is 0 Å². The quantitative estimate of drug-likeness (QED) is 0.915. The molecule has 0 fully saturated rings. The Balaban J connectivity index is 1.95. The van der Waals surface area contributed by atoms with Crippen molar-refractivity contribution in [1.82, 2.24) is 4.90 Å². The van der Waals surface area contributed by atoms with Crippen molar-refractivity contribution in [2.45, 2.75) is 18.9 Å². The van der Waals surface area contributed by atoms with Crippen LogP contribution in [0.4, 0.5) is 0 Å². The van der Waals surface area contributed by atoms with Crippen molar-refractivity contribution in [3.8, 4) is 17.2 Å². The van der Waals surface area contributed by atoms with Gasteiger partial charge in [0.2, 0.25) is 0 Å². The second kappa shape index (κ2) is 5.89. The monoisotopic (exact) mass is 299 g/mol. The van der Waals surface area contributed by atoms with Crippen LogP contribution in [0.1, 0.15) is 22.7 Å². The van der Waals surface area contributed by atoms with E-state index in [4.69, 9.17) is 4.74 Å². The van der Waals surface area contributed by atoms with Crippen LogP contribution in [0.25, 0.3) is 0 Å². The molecule has 0 aliphatic carbocycles. The maximum absolute atomic E-state index is 10.1. The van der Waals surface area contributed by atoms with Gasteiger partial charge in [0.25, 0.3) is 0 Å². The summed E-state index contributed by atoms with van der Waals surface area (Å²) in [4.78, 5) is 2.31. The van der Waals surface area contributed by atoms with E-state index >= 15 is 0 Å². The summed E-state index contributed by atoms with van der Waals surface area (Å²) in [6, 6.07) is 11.3. The van der Waals surface area contributed by atoms with Crippen LogP contribution in [0.3, 0.4) is 0 Å². The van der Waals surface area contributed by atoms with Gasteiger partial charge in [0, 0.05) is 12.6 Å². The lowest BCUT2D eigenvalue weighted by molar-refractivity contribution is 0.228. The summed E-state index contributed by atoms with van der Waals surface area (Å²) >= 11 is 0. The minimum atomic E-state index is 0.187. The lowest BCUT2D eigenvalue weighted by Crippen LogP contribution is -2.33. The third kappa shape index (κ3) is 2.74. The van der Waals surface area contributed by atoms with Crippen molar-refractivity contribution < 1.29 is 14.9 Å². The topological polar surface area (TPSA) is 52.9 Å². The maximum Gasteiger partial charge on any atom is 0.160 e. The Morgan fingerprint density at radius 1 is 1.18 bits per heavy atom. The molecule has 0 unspecified atom stereocenters. The van der Waals surface area contributed by atoms with Crippen molar-refractivity contribution in [3.05, 3.63) is 53.1 Å². The number of likely N-dealkylation sites (N-methyl/N-ethyl adjacent to an activating group) is 1. The van der Waals surface area contributed by atoms with Gasteiger partial charge in [0.1, 0.15) is 5.75 Å². The highest BCUT2D eigenvalue weighted by molar-refractivity contribution is 5.49. The Bertz CT molecular complexity index is 667. The molecule has 0 aromatic heterocycles. The molecule has 0 radical (unpaired) electrons. The van der Waals surface area contributed by atoms with Gasteiger partial charge in [-0.1, -0.05) is 12.1 Å². The number of rotatable bonds is 3. The number of phenolic OH excluding ortho intramolecular Hbond substituents is 2. The molecule has 0 bridgehead atoms. The third-order valence-corrected chi connectivity index (χ3v) is 4.43. The fraction of sp³-hybridized carbons (Fsp3) is 0.333. The van der Waals surface area contributed by atoms with E-state index in [9.17, 15) is 10.2 Å².